The van der Waals surface area contributed by atoms with Gasteiger partial charge >= 0.3 is 0 Å². The maximum absolute atomic E-state index is 12.3. The average molecular weight is 359 g/mol. The molecule has 1 amide bonds. The molecule has 0 aliphatic carbocycles. The fraction of sp³-hybridized carbons (Fsp3) is 0.474. The summed E-state index contributed by atoms with van der Waals surface area (Å²) in [4.78, 5) is 16.9. The largest absolute Gasteiger partial charge is 0.494 e. The van der Waals surface area contributed by atoms with Gasteiger partial charge in [0.05, 0.1) is 11.6 Å². The molecule has 3 rings (SSSR count). The molecule has 0 bridgehead atoms. The normalized spacial score (nSPS) is 15.1. The Morgan fingerprint density at radius 2 is 2.16 bits per heavy atom. The van der Waals surface area contributed by atoms with Crippen LogP contribution in [0.2, 0.25) is 0 Å². The average Bonchev–Trinajstić information content (AvgIpc) is 3.14. The van der Waals surface area contributed by atoms with E-state index < -0.39 is 0 Å². The zero-order chi connectivity index (χ0) is 17.5. The zero-order valence-electron chi connectivity index (χ0n) is 14.6. The molecule has 1 fully saturated rings. The van der Waals surface area contributed by atoms with Crippen molar-refractivity contribution in [3.8, 4) is 5.75 Å². The van der Waals surface area contributed by atoms with E-state index in [9.17, 15) is 4.79 Å². The van der Waals surface area contributed by atoms with Crippen LogP contribution in [0.4, 0.5) is 0 Å². The Balaban J connectivity index is 1.52. The number of carbonyl (C=O) groups excluding carboxylic acids is 1. The maximum atomic E-state index is 12.3. The van der Waals surface area contributed by atoms with E-state index in [0.717, 1.165) is 48.7 Å². The number of thiazole rings is 1. The van der Waals surface area contributed by atoms with Gasteiger partial charge in [0.2, 0.25) is 0 Å². The molecule has 0 unspecified atom stereocenters. The van der Waals surface area contributed by atoms with Gasteiger partial charge in [0, 0.05) is 17.8 Å². The highest BCUT2D eigenvalue weighted by atomic mass is 32.1. The van der Waals surface area contributed by atoms with E-state index in [1.165, 1.54) is 0 Å². The minimum absolute atomic E-state index is 0.0923. The number of para-hydroxylation sites is 1. The summed E-state index contributed by atoms with van der Waals surface area (Å²) in [5.74, 6) is 1.29. The SMILES string of the molecule is CCOc1ccccc1CCNC(=O)c1csc(C2CCNCC2)n1. The number of carbonyl (C=O) groups is 1. The molecule has 0 atom stereocenters. The predicted molar refractivity (Wildman–Crippen MR) is 101 cm³/mol. The second kappa shape index (κ2) is 8.97. The number of rotatable bonds is 7. The van der Waals surface area contributed by atoms with Crippen LogP contribution in [-0.4, -0.2) is 37.1 Å². The summed E-state index contributed by atoms with van der Waals surface area (Å²) in [5, 5.41) is 9.30. The first kappa shape index (κ1) is 17.9. The Labute approximate surface area is 152 Å². The lowest BCUT2D eigenvalue weighted by molar-refractivity contribution is 0.0949. The van der Waals surface area contributed by atoms with Crippen LogP contribution in [0.1, 0.15) is 46.7 Å². The number of nitrogens with one attached hydrogen (secondary N) is 2. The Hall–Kier alpha value is -1.92. The summed E-state index contributed by atoms with van der Waals surface area (Å²) in [5.41, 5.74) is 1.65. The molecular formula is C19H25N3O2S. The van der Waals surface area contributed by atoms with Gasteiger partial charge < -0.3 is 15.4 Å². The third-order valence-corrected chi connectivity index (χ3v) is 5.40. The van der Waals surface area contributed by atoms with E-state index in [2.05, 4.69) is 15.6 Å². The van der Waals surface area contributed by atoms with Gasteiger partial charge in [0.25, 0.3) is 5.91 Å². The minimum atomic E-state index is -0.0923. The number of amides is 1. The first-order valence-electron chi connectivity index (χ1n) is 8.93. The number of hydrogen-bond donors (Lipinski definition) is 2. The van der Waals surface area contributed by atoms with Gasteiger partial charge in [-0.3, -0.25) is 4.79 Å². The van der Waals surface area contributed by atoms with Crippen molar-refractivity contribution in [1.29, 1.82) is 0 Å². The van der Waals surface area contributed by atoms with Gasteiger partial charge in [0.1, 0.15) is 11.4 Å². The molecular weight excluding hydrogens is 334 g/mol. The number of ether oxygens (including phenoxy) is 1. The van der Waals surface area contributed by atoms with Gasteiger partial charge in [-0.1, -0.05) is 18.2 Å². The number of hydrogen-bond acceptors (Lipinski definition) is 5. The lowest BCUT2D eigenvalue weighted by Crippen LogP contribution is -2.27. The Bertz CT molecular complexity index is 695. The van der Waals surface area contributed by atoms with Crippen LogP contribution in [0.25, 0.3) is 0 Å². The van der Waals surface area contributed by atoms with Crippen molar-refractivity contribution in [1.82, 2.24) is 15.6 Å². The van der Waals surface area contributed by atoms with Gasteiger partial charge in [0.15, 0.2) is 0 Å². The summed E-state index contributed by atoms with van der Waals surface area (Å²) in [6, 6.07) is 7.96. The highest BCUT2D eigenvalue weighted by Crippen LogP contribution is 2.27. The van der Waals surface area contributed by atoms with Crippen LogP contribution in [0, 0.1) is 0 Å². The van der Waals surface area contributed by atoms with Gasteiger partial charge in [-0.25, -0.2) is 4.98 Å². The van der Waals surface area contributed by atoms with E-state index in [1.54, 1.807) is 11.3 Å². The van der Waals surface area contributed by atoms with Crippen LogP contribution in [0.15, 0.2) is 29.6 Å². The van der Waals surface area contributed by atoms with Crippen molar-refractivity contribution in [3.05, 3.63) is 45.9 Å². The van der Waals surface area contributed by atoms with Gasteiger partial charge in [-0.05, 0) is 50.9 Å². The van der Waals surface area contributed by atoms with E-state index in [-0.39, 0.29) is 5.91 Å². The minimum Gasteiger partial charge on any atom is -0.494 e. The lowest BCUT2D eigenvalue weighted by Gasteiger charge is -2.20. The van der Waals surface area contributed by atoms with Gasteiger partial charge in [-0.2, -0.15) is 0 Å². The molecule has 1 aromatic heterocycles. The van der Waals surface area contributed by atoms with Crippen molar-refractivity contribution in [2.45, 2.75) is 32.1 Å². The first-order valence-corrected chi connectivity index (χ1v) is 9.81. The lowest BCUT2D eigenvalue weighted by atomic mass is 9.99. The Morgan fingerprint density at radius 3 is 2.96 bits per heavy atom. The van der Waals surface area contributed by atoms with E-state index >= 15 is 0 Å². The molecule has 5 nitrogen and oxygen atoms in total. The number of nitrogens with zero attached hydrogens (tertiary/aromatic N) is 1. The maximum Gasteiger partial charge on any atom is 0.270 e. The third-order valence-electron chi connectivity index (χ3n) is 4.40. The van der Waals surface area contributed by atoms with Crippen molar-refractivity contribution >= 4 is 17.2 Å². The summed E-state index contributed by atoms with van der Waals surface area (Å²) in [6.07, 6.45) is 2.94. The summed E-state index contributed by atoms with van der Waals surface area (Å²) >= 11 is 1.60. The predicted octanol–water partition coefficient (Wildman–Crippen LogP) is 2.98. The van der Waals surface area contributed by atoms with Crippen LogP contribution in [-0.2, 0) is 6.42 Å². The molecule has 1 saturated heterocycles. The van der Waals surface area contributed by atoms with Crippen molar-refractivity contribution in [2.24, 2.45) is 0 Å². The molecule has 0 radical (unpaired) electrons. The molecule has 6 heteroatoms. The van der Waals surface area contributed by atoms with E-state index in [4.69, 9.17) is 4.74 Å². The summed E-state index contributed by atoms with van der Waals surface area (Å²) < 4.78 is 5.62. The smallest absolute Gasteiger partial charge is 0.270 e. The highest BCUT2D eigenvalue weighted by molar-refractivity contribution is 7.09. The molecule has 25 heavy (non-hydrogen) atoms. The molecule has 0 spiro atoms. The quantitative estimate of drug-likeness (QED) is 0.798. The molecule has 2 heterocycles. The number of aromatic nitrogens is 1. The fourth-order valence-corrected chi connectivity index (χ4v) is 4.03. The van der Waals surface area contributed by atoms with Crippen molar-refractivity contribution in [3.63, 3.8) is 0 Å². The molecule has 1 aliphatic rings. The monoisotopic (exact) mass is 359 g/mol. The number of piperidine rings is 1. The second-order valence-corrected chi connectivity index (χ2v) is 7.03. The van der Waals surface area contributed by atoms with Crippen molar-refractivity contribution < 1.29 is 9.53 Å². The Morgan fingerprint density at radius 1 is 1.36 bits per heavy atom. The van der Waals surface area contributed by atoms with Gasteiger partial charge in [-0.15, -0.1) is 11.3 Å². The number of benzene rings is 1. The Kier molecular flexibility index (Phi) is 6.42. The zero-order valence-corrected chi connectivity index (χ0v) is 15.4. The standard InChI is InChI=1S/C19H25N3O2S/c1-2-24-17-6-4-3-5-14(17)9-12-21-18(23)16-13-25-19(22-16)15-7-10-20-11-8-15/h3-6,13,15,20H,2,7-12H2,1H3,(H,21,23). The first-order chi connectivity index (χ1) is 12.3. The van der Waals surface area contributed by atoms with E-state index in [1.807, 2.05) is 36.6 Å². The van der Waals surface area contributed by atoms with Crippen molar-refractivity contribution in [2.75, 3.05) is 26.2 Å². The molecule has 0 saturated carbocycles. The molecule has 1 aliphatic heterocycles. The van der Waals surface area contributed by atoms with Crippen LogP contribution >= 0.6 is 11.3 Å². The molecule has 134 valence electrons. The highest BCUT2D eigenvalue weighted by Gasteiger charge is 2.20. The third kappa shape index (κ3) is 4.80. The fourth-order valence-electron chi connectivity index (χ4n) is 3.06. The second-order valence-electron chi connectivity index (χ2n) is 6.14. The van der Waals surface area contributed by atoms with Crippen LogP contribution in [0.3, 0.4) is 0 Å². The van der Waals surface area contributed by atoms with Crippen LogP contribution < -0.4 is 15.4 Å². The molecule has 2 aromatic rings. The summed E-state index contributed by atoms with van der Waals surface area (Å²) in [6.45, 7) is 5.25. The van der Waals surface area contributed by atoms with E-state index in [0.29, 0.717) is 24.8 Å². The topological polar surface area (TPSA) is 63.2 Å². The molecule has 2 N–H and O–H groups in total. The molecule has 1 aromatic carbocycles. The summed E-state index contributed by atoms with van der Waals surface area (Å²) in [7, 11) is 0. The van der Waals surface area contributed by atoms with Crippen LogP contribution in [0.5, 0.6) is 5.75 Å².